The van der Waals surface area contributed by atoms with Crippen LogP contribution in [0.25, 0.3) is 16.7 Å². The Kier molecular flexibility index (Phi) is 6.99. The van der Waals surface area contributed by atoms with Crippen LogP contribution < -0.4 is 4.74 Å². The lowest BCUT2D eigenvalue weighted by atomic mass is 10.2. The van der Waals surface area contributed by atoms with Crippen molar-refractivity contribution < 1.29 is 23.5 Å². The Morgan fingerprint density at radius 2 is 1.59 bits per heavy atom. The highest BCUT2D eigenvalue weighted by atomic mass is 19.1. The Morgan fingerprint density at radius 1 is 0.897 bits per heavy atom. The summed E-state index contributed by atoms with van der Waals surface area (Å²) in [6.07, 6.45) is 1.23. The second kappa shape index (κ2) is 10.4. The first-order valence-electron chi connectivity index (χ1n) is 12.9. The zero-order valence-corrected chi connectivity index (χ0v) is 22.5. The van der Waals surface area contributed by atoms with Crippen LogP contribution in [0, 0.1) is 12.7 Å². The molecule has 1 aliphatic rings. The predicted octanol–water partition coefficient (Wildman–Crippen LogP) is 5.96. The number of rotatable bonds is 4. The fraction of sp³-hybridized carbons (Fsp3) is 0.300. The summed E-state index contributed by atoms with van der Waals surface area (Å²) in [5.74, 6) is -0.123. The zero-order valence-electron chi connectivity index (χ0n) is 22.5. The minimum Gasteiger partial charge on any atom is -0.444 e. The van der Waals surface area contributed by atoms with Gasteiger partial charge in [-0.05, 0) is 64.1 Å². The molecule has 0 spiro atoms. The normalized spacial score (nSPS) is 14.0. The number of para-hydroxylation sites is 1. The number of hydrogen-bond donors (Lipinski definition) is 0. The number of fused-ring (bicyclic) bond motifs is 1. The maximum Gasteiger partial charge on any atom is 0.410 e. The number of carbonyl (C=O) groups excluding carboxylic acids is 2. The minimum atomic E-state index is -0.601. The van der Waals surface area contributed by atoms with Crippen LogP contribution in [0.4, 0.5) is 9.18 Å². The average Bonchev–Trinajstić information content (AvgIpc) is 3.24. The van der Waals surface area contributed by atoms with Gasteiger partial charge in [0.15, 0.2) is 0 Å². The third kappa shape index (κ3) is 5.30. The van der Waals surface area contributed by atoms with E-state index in [4.69, 9.17) is 9.47 Å². The molecule has 5 rings (SSSR count). The van der Waals surface area contributed by atoms with Crippen LogP contribution >= 0.6 is 0 Å². The third-order valence-electron chi connectivity index (χ3n) is 6.55. The molecule has 4 aromatic rings. The van der Waals surface area contributed by atoms with Crippen molar-refractivity contribution in [1.82, 2.24) is 19.4 Å². The first-order chi connectivity index (χ1) is 18.6. The van der Waals surface area contributed by atoms with Gasteiger partial charge in [-0.3, -0.25) is 14.3 Å². The lowest BCUT2D eigenvalue weighted by Crippen LogP contribution is -2.51. The van der Waals surface area contributed by atoms with Gasteiger partial charge in [0.05, 0.1) is 5.52 Å². The number of carbonyl (C=O) groups is 2. The number of benzene rings is 2. The predicted molar refractivity (Wildman–Crippen MR) is 146 cm³/mol. The molecule has 1 fully saturated rings. The van der Waals surface area contributed by atoms with E-state index >= 15 is 0 Å². The Balaban J connectivity index is 1.56. The van der Waals surface area contributed by atoms with Crippen molar-refractivity contribution in [2.45, 2.75) is 33.3 Å². The number of nitrogens with zero attached hydrogens (tertiary/aromatic N) is 4. The van der Waals surface area contributed by atoms with Crippen LogP contribution in [0.1, 0.15) is 36.7 Å². The van der Waals surface area contributed by atoms with Crippen LogP contribution in [0.5, 0.6) is 11.6 Å². The van der Waals surface area contributed by atoms with E-state index in [0.717, 1.165) is 5.69 Å². The van der Waals surface area contributed by atoms with E-state index in [-0.39, 0.29) is 17.4 Å². The van der Waals surface area contributed by atoms with Crippen LogP contribution in [-0.4, -0.2) is 63.1 Å². The van der Waals surface area contributed by atoms with Gasteiger partial charge in [-0.1, -0.05) is 24.3 Å². The summed E-state index contributed by atoms with van der Waals surface area (Å²) in [6.45, 7) is 8.42. The molecule has 0 aliphatic carbocycles. The first-order valence-corrected chi connectivity index (χ1v) is 12.9. The van der Waals surface area contributed by atoms with E-state index in [9.17, 15) is 14.0 Å². The molecular formula is C30H31FN4O4. The number of amides is 2. The van der Waals surface area contributed by atoms with E-state index in [1.54, 1.807) is 41.1 Å². The summed E-state index contributed by atoms with van der Waals surface area (Å²) < 4.78 is 28.1. The van der Waals surface area contributed by atoms with Gasteiger partial charge in [-0.2, -0.15) is 0 Å². The maximum absolute atomic E-state index is 14.4. The molecule has 0 saturated carbocycles. The van der Waals surface area contributed by atoms with E-state index < -0.39 is 17.5 Å². The summed E-state index contributed by atoms with van der Waals surface area (Å²) in [6, 6.07) is 17.8. The van der Waals surface area contributed by atoms with E-state index in [2.05, 4.69) is 4.98 Å². The maximum atomic E-state index is 14.4. The molecule has 3 heterocycles. The Hall–Kier alpha value is -4.40. The molecule has 0 bridgehead atoms. The second-order valence-electron chi connectivity index (χ2n) is 10.4. The molecule has 9 heteroatoms. The Morgan fingerprint density at radius 3 is 2.28 bits per heavy atom. The highest BCUT2D eigenvalue weighted by Crippen LogP contribution is 2.39. The van der Waals surface area contributed by atoms with Crippen LogP contribution in [0.15, 0.2) is 66.9 Å². The Labute approximate surface area is 226 Å². The van der Waals surface area contributed by atoms with Gasteiger partial charge in [0.1, 0.15) is 28.2 Å². The number of ether oxygens (including phenoxy) is 2. The third-order valence-corrected chi connectivity index (χ3v) is 6.55. The molecule has 2 amide bonds. The summed E-state index contributed by atoms with van der Waals surface area (Å²) in [5, 5.41) is 0. The summed E-state index contributed by atoms with van der Waals surface area (Å²) in [5.41, 5.74) is 1.95. The molecule has 0 N–H and O–H groups in total. The molecule has 0 radical (unpaired) electrons. The Bertz CT molecular complexity index is 1520. The van der Waals surface area contributed by atoms with Gasteiger partial charge >= 0.3 is 6.09 Å². The van der Waals surface area contributed by atoms with Gasteiger partial charge in [-0.15, -0.1) is 0 Å². The van der Waals surface area contributed by atoms with Gasteiger partial charge in [0.2, 0.25) is 5.88 Å². The fourth-order valence-corrected chi connectivity index (χ4v) is 4.59. The van der Waals surface area contributed by atoms with E-state index in [1.807, 2.05) is 61.7 Å². The quantitative estimate of drug-likeness (QED) is 0.326. The van der Waals surface area contributed by atoms with Crippen molar-refractivity contribution in [3.05, 3.63) is 83.8 Å². The number of piperazine rings is 1. The van der Waals surface area contributed by atoms with Gasteiger partial charge in [0.25, 0.3) is 5.91 Å². The van der Waals surface area contributed by atoms with Crippen LogP contribution in [0.2, 0.25) is 0 Å². The average molecular weight is 531 g/mol. The molecule has 1 aliphatic heterocycles. The number of pyridine rings is 1. The van der Waals surface area contributed by atoms with Crippen LogP contribution in [0.3, 0.4) is 0 Å². The second-order valence-corrected chi connectivity index (χ2v) is 10.4. The minimum absolute atomic E-state index is 0.253. The molecule has 0 unspecified atom stereocenters. The summed E-state index contributed by atoms with van der Waals surface area (Å²) in [4.78, 5) is 34.5. The van der Waals surface area contributed by atoms with Crippen molar-refractivity contribution in [3.63, 3.8) is 0 Å². The van der Waals surface area contributed by atoms with Gasteiger partial charge < -0.3 is 19.3 Å². The number of aromatic nitrogens is 2. The highest BCUT2D eigenvalue weighted by molar-refractivity contribution is 6.09. The van der Waals surface area contributed by atoms with E-state index in [0.29, 0.717) is 48.5 Å². The molecule has 39 heavy (non-hydrogen) atoms. The highest BCUT2D eigenvalue weighted by Gasteiger charge is 2.33. The lowest BCUT2D eigenvalue weighted by Gasteiger charge is -2.35. The molecule has 202 valence electrons. The fourth-order valence-electron chi connectivity index (χ4n) is 4.59. The number of hydrogen-bond acceptors (Lipinski definition) is 5. The topological polar surface area (TPSA) is 76.9 Å². The van der Waals surface area contributed by atoms with Crippen molar-refractivity contribution in [2.75, 3.05) is 26.2 Å². The molecule has 0 atom stereocenters. The number of halogens is 1. The molecule has 1 saturated heterocycles. The largest absolute Gasteiger partial charge is 0.444 e. The van der Waals surface area contributed by atoms with Gasteiger partial charge in [-0.25, -0.2) is 9.18 Å². The van der Waals surface area contributed by atoms with Gasteiger partial charge in [0, 0.05) is 43.6 Å². The monoisotopic (exact) mass is 530 g/mol. The molecule has 8 nitrogen and oxygen atoms in total. The molecule has 2 aromatic carbocycles. The first kappa shape index (κ1) is 26.2. The lowest BCUT2D eigenvalue weighted by molar-refractivity contribution is 0.0140. The van der Waals surface area contributed by atoms with Crippen molar-refractivity contribution in [3.8, 4) is 17.3 Å². The van der Waals surface area contributed by atoms with E-state index in [1.165, 1.54) is 6.07 Å². The SMILES string of the molecule is Cc1c(F)cccc1Oc1c(C(=O)N2CCN(C(=O)OC(C)(C)C)CC2)c2ncccc2n1-c1ccccc1. The van der Waals surface area contributed by atoms with Crippen LogP contribution in [-0.2, 0) is 4.74 Å². The summed E-state index contributed by atoms with van der Waals surface area (Å²) >= 11 is 0. The van der Waals surface area contributed by atoms with Crippen molar-refractivity contribution >= 4 is 23.0 Å². The summed E-state index contributed by atoms with van der Waals surface area (Å²) in [7, 11) is 0. The standard InChI is InChI=1S/C30H31FN4O4/c1-20-22(31)12-8-14-24(20)38-28-25(26-23(13-9-15-32-26)35(28)21-10-6-5-7-11-21)27(36)33-16-18-34(19-17-33)29(37)39-30(2,3)4/h5-15H,16-19H2,1-4H3. The van der Waals surface area contributed by atoms with Crippen molar-refractivity contribution in [2.24, 2.45) is 0 Å². The zero-order chi connectivity index (χ0) is 27.7. The molecular weight excluding hydrogens is 499 g/mol. The molecule has 2 aromatic heterocycles. The smallest absolute Gasteiger partial charge is 0.410 e. The van der Waals surface area contributed by atoms with Crippen molar-refractivity contribution in [1.29, 1.82) is 0 Å².